The Hall–Kier alpha value is -1.52. The van der Waals surface area contributed by atoms with Gasteiger partial charge in [0, 0.05) is 41.5 Å². The van der Waals surface area contributed by atoms with Crippen LogP contribution in [0.1, 0.15) is 31.9 Å². The van der Waals surface area contributed by atoms with E-state index in [0.717, 1.165) is 35.0 Å². The first kappa shape index (κ1) is 15.9. The summed E-state index contributed by atoms with van der Waals surface area (Å²) in [5, 5.41) is 8.36. The highest BCUT2D eigenvalue weighted by Crippen LogP contribution is 2.24. The van der Waals surface area contributed by atoms with Crippen LogP contribution in [0.25, 0.3) is 0 Å². The molecular weight excluding hydrogens is 286 g/mol. The number of aryl methyl sites for hydroxylation is 1. The summed E-state index contributed by atoms with van der Waals surface area (Å²) in [6.45, 7) is 8.41. The molecule has 0 saturated heterocycles. The molecule has 0 saturated carbocycles. The Balaban J connectivity index is 2.04. The molecule has 0 fully saturated rings. The van der Waals surface area contributed by atoms with E-state index in [0.29, 0.717) is 12.6 Å². The molecule has 0 aliphatic carbocycles. The average Bonchev–Trinajstić information content (AvgIpc) is 2.92. The lowest BCUT2D eigenvalue weighted by molar-refractivity contribution is 0.301. The van der Waals surface area contributed by atoms with Crippen LogP contribution in [0.4, 0.5) is 0 Å². The average molecular weight is 308 g/mol. The molecule has 4 nitrogen and oxygen atoms in total. The summed E-state index contributed by atoms with van der Waals surface area (Å²) in [6.07, 6.45) is 3.84. The van der Waals surface area contributed by atoms with Crippen molar-refractivity contribution in [3.8, 4) is 5.75 Å². The van der Waals surface area contributed by atoms with E-state index >= 15 is 0 Å². The lowest BCUT2D eigenvalue weighted by atomic mass is 10.2. The Morgan fingerprint density at radius 1 is 1.38 bits per heavy atom. The lowest BCUT2D eigenvalue weighted by Gasteiger charge is -2.13. The number of halogens is 1. The van der Waals surface area contributed by atoms with Crippen LogP contribution in [-0.4, -0.2) is 15.8 Å². The SMILES string of the molecule is CCn1cc(COc2ccc(Cl)cc2CNC(C)C)cn1. The number of nitrogens with zero attached hydrogens (tertiary/aromatic N) is 2. The molecule has 5 heteroatoms. The third-order valence-corrected chi connectivity index (χ3v) is 3.36. The molecule has 0 aliphatic heterocycles. The molecule has 0 atom stereocenters. The molecule has 0 bridgehead atoms. The van der Waals surface area contributed by atoms with Gasteiger partial charge in [0.2, 0.25) is 0 Å². The predicted octanol–water partition coefficient (Wildman–Crippen LogP) is 3.63. The molecule has 114 valence electrons. The van der Waals surface area contributed by atoms with Gasteiger partial charge in [0.15, 0.2) is 0 Å². The summed E-state index contributed by atoms with van der Waals surface area (Å²) in [5.74, 6) is 0.858. The molecule has 0 unspecified atom stereocenters. The molecular formula is C16H22ClN3O. The third-order valence-electron chi connectivity index (χ3n) is 3.13. The van der Waals surface area contributed by atoms with Gasteiger partial charge < -0.3 is 10.1 Å². The minimum absolute atomic E-state index is 0.416. The van der Waals surface area contributed by atoms with E-state index in [2.05, 4.69) is 31.2 Å². The van der Waals surface area contributed by atoms with Crippen LogP contribution < -0.4 is 10.1 Å². The fraction of sp³-hybridized carbons (Fsp3) is 0.438. The second-order valence-electron chi connectivity index (χ2n) is 5.28. The largest absolute Gasteiger partial charge is 0.488 e. The molecule has 0 spiro atoms. The smallest absolute Gasteiger partial charge is 0.124 e. The van der Waals surface area contributed by atoms with E-state index in [1.54, 1.807) is 0 Å². The Morgan fingerprint density at radius 3 is 2.86 bits per heavy atom. The zero-order valence-corrected chi connectivity index (χ0v) is 13.5. The van der Waals surface area contributed by atoms with E-state index in [1.165, 1.54) is 0 Å². The van der Waals surface area contributed by atoms with Gasteiger partial charge in [0.1, 0.15) is 12.4 Å². The highest BCUT2D eigenvalue weighted by atomic mass is 35.5. The first-order valence-electron chi connectivity index (χ1n) is 7.24. The fourth-order valence-corrected chi connectivity index (χ4v) is 2.15. The van der Waals surface area contributed by atoms with Gasteiger partial charge >= 0.3 is 0 Å². The van der Waals surface area contributed by atoms with Crippen molar-refractivity contribution in [1.82, 2.24) is 15.1 Å². The lowest BCUT2D eigenvalue weighted by Crippen LogP contribution is -2.22. The maximum absolute atomic E-state index is 6.07. The van der Waals surface area contributed by atoms with Crippen LogP contribution in [0.2, 0.25) is 5.02 Å². The fourth-order valence-electron chi connectivity index (χ4n) is 1.96. The summed E-state index contributed by atoms with van der Waals surface area (Å²) >= 11 is 6.07. The first-order valence-corrected chi connectivity index (χ1v) is 7.62. The minimum Gasteiger partial charge on any atom is -0.488 e. The number of rotatable bonds is 7. The van der Waals surface area contributed by atoms with Crippen LogP contribution in [0.3, 0.4) is 0 Å². The Morgan fingerprint density at radius 2 is 2.19 bits per heavy atom. The maximum Gasteiger partial charge on any atom is 0.124 e. The van der Waals surface area contributed by atoms with Gasteiger partial charge in [-0.05, 0) is 25.1 Å². The molecule has 21 heavy (non-hydrogen) atoms. The highest BCUT2D eigenvalue weighted by molar-refractivity contribution is 6.30. The molecule has 2 rings (SSSR count). The second kappa shape index (κ2) is 7.48. The Bertz CT molecular complexity index is 581. The Labute approximate surface area is 131 Å². The molecule has 1 aromatic carbocycles. The maximum atomic E-state index is 6.07. The molecule has 0 aliphatic rings. The van der Waals surface area contributed by atoms with Crippen molar-refractivity contribution < 1.29 is 4.74 Å². The van der Waals surface area contributed by atoms with E-state index < -0.39 is 0 Å². The van der Waals surface area contributed by atoms with Gasteiger partial charge in [-0.1, -0.05) is 25.4 Å². The topological polar surface area (TPSA) is 39.1 Å². The van der Waals surface area contributed by atoms with Gasteiger partial charge in [-0.15, -0.1) is 0 Å². The molecule has 1 aromatic heterocycles. The molecule has 0 radical (unpaired) electrons. The van der Waals surface area contributed by atoms with E-state index in [1.807, 2.05) is 35.3 Å². The molecule has 2 aromatic rings. The molecule has 0 amide bonds. The highest BCUT2D eigenvalue weighted by Gasteiger charge is 2.07. The summed E-state index contributed by atoms with van der Waals surface area (Å²) in [4.78, 5) is 0. The minimum atomic E-state index is 0.416. The summed E-state index contributed by atoms with van der Waals surface area (Å²) < 4.78 is 7.81. The third kappa shape index (κ3) is 4.76. The van der Waals surface area contributed by atoms with E-state index in [-0.39, 0.29) is 0 Å². The summed E-state index contributed by atoms with van der Waals surface area (Å²) in [6, 6.07) is 6.14. The van der Waals surface area contributed by atoms with Crippen LogP contribution >= 0.6 is 11.6 Å². The van der Waals surface area contributed by atoms with E-state index in [9.17, 15) is 0 Å². The van der Waals surface area contributed by atoms with Crippen LogP contribution in [0, 0.1) is 0 Å². The normalized spacial score (nSPS) is 11.1. The zero-order valence-electron chi connectivity index (χ0n) is 12.8. The second-order valence-corrected chi connectivity index (χ2v) is 5.72. The number of hydrogen-bond acceptors (Lipinski definition) is 3. The van der Waals surface area contributed by atoms with Crippen molar-refractivity contribution in [2.75, 3.05) is 0 Å². The van der Waals surface area contributed by atoms with Gasteiger partial charge in [-0.3, -0.25) is 4.68 Å². The number of benzene rings is 1. The van der Waals surface area contributed by atoms with Crippen molar-refractivity contribution in [2.45, 2.75) is 46.5 Å². The van der Waals surface area contributed by atoms with Crippen LogP contribution in [0.5, 0.6) is 5.75 Å². The van der Waals surface area contributed by atoms with Crippen molar-refractivity contribution in [1.29, 1.82) is 0 Å². The number of hydrogen-bond donors (Lipinski definition) is 1. The number of nitrogens with one attached hydrogen (secondary N) is 1. The first-order chi connectivity index (χ1) is 10.1. The van der Waals surface area contributed by atoms with Crippen LogP contribution in [0.15, 0.2) is 30.6 Å². The van der Waals surface area contributed by atoms with Crippen molar-refractivity contribution in [2.24, 2.45) is 0 Å². The summed E-state index contributed by atoms with van der Waals surface area (Å²) in [7, 11) is 0. The quantitative estimate of drug-likeness (QED) is 0.849. The number of ether oxygens (including phenoxy) is 1. The number of aromatic nitrogens is 2. The Kier molecular flexibility index (Phi) is 5.65. The molecule has 1 heterocycles. The summed E-state index contributed by atoms with van der Waals surface area (Å²) in [5.41, 5.74) is 2.13. The van der Waals surface area contributed by atoms with Gasteiger partial charge in [0.25, 0.3) is 0 Å². The van der Waals surface area contributed by atoms with E-state index in [4.69, 9.17) is 16.3 Å². The monoisotopic (exact) mass is 307 g/mol. The van der Waals surface area contributed by atoms with Gasteiger partial charge in [0.05, 0.1) is 6.20 Å². The van der Waals surface area contributed by atoms with Crippen molar-refractivity contribution in [3.05, 3.63) is 46.7 Å². The van der Waals surface area contributed by atoms with Gasteiger partial charge in [-0.2, -0.15) is 5.10 Å². The van der Waals surface area contributed by atoms with Gasteiger partial charge in [-0.25, -0.2) is 0 Å². The molecule has 1 N–H and O–H groups in total. The van der Waals surface area contributed by atoms with Crippen molar-refractivity contribution >= 4 is 11.6 Å². The standard InChI is InChI=1S/C16H22ClN3O/c1-4-20-10-13(8-19-20)11-21-16-6-5-15(17)7-14(16)9-18-12(2)3/h5-8,10,12,18H,4,9,11H2,1-3H3. The van der Waals surface area contributed by atoms with Crippen LogP contribution in [-0.2, 0) is 19.7 Å². The predicted molar refractivity (Wildman–Crippen MR) is 85.7 cm³/mol. The zero-order chi connectivity index (χ0) is 15.2. The van der Waals surface area contributed by atoms with Crippen molar-refractivity contribution in [3.63, 3.8) is 0 Å².